The Hall–Kier alpha value is -4.22. The van der Waals surface area contributed by atoms with Crippen molar-refractivity contribution in [3.8, 4) is 0 Å². The van der Waals surface area contributed by atoms with Crippen LogP contribution >= 0.6 is 23.4 Å². The van der Waals surface area contributed by atoms with Crippen LogP contribution in [0.3, 0.4) is 0 Å². The summed E-state index contributed by atoms with van der Waals surface area (Å²) in [6.07, 6.45) is 3.66. The maximum absolute atomic E-state index is 11.7. The number of hydrogen-bond acceptors (Lipinski definition) is 10. The number of nitrogens with zero attached hydrogens (tertiary/aromatic N) is 6. The maximum atomic E-state index is 11.7. The smallest absolute Gasteiger partial charge is 0.283 e. The summed E-state index contributed by atoms with van der Waals surface area (Å²) >= 11 is 7.24. The first-order chi connectivity index (χ1) is 18.5. The first kappa shape index (κ1) is 25.4. The molecule has 5 rings (SSSR count). The van der Waals surface area contributed by atoms with Crippen LogP contribution in [0.1, 0.15) is 18.4 Å². The minimum atomic E-state index is -0.404. The SMILES string of the molecule is O=[N+]([O-])c1cc(C=NNc2nc(Nc3ccccc3)nc(N3CCCC3)n2)ccc1Sc1ccc(Cl)cc1. The highest BCUT2D eigenvalue weighted by molar-refractivity contribution is 7.99. The van der Waals surface area contributed by atoms with E-state index in [1.807, 2.05) is 42.5 Å². The largest absolute Gasteiger partial charge is 0.341 e. The molecule has 4 aromatic rings. The van der Waals surface area contributed by atoms with Crippen LogP contribution < -0.4 is 15.6 Å². The second-order valence-electron chi connectivity index (χ2n) is 8.38. The number of aromatic nitrogens is 3. The third-order valence-electron chi connectivity index (χ3n) is 5.64. The van der Waals surface area contributed by atoms with Crippen LogP contribution in [-0.4, -0.2) is 39.2 Å². The number of nitro groups is 1. The van der Waals surface area contributed by atoms with Crippen molar-refractivity contribution in [2.45, 2.75) is 22.6 Å². The van der Waals surface area contributed by atoms with Crippen LogP contribution in [0.25, 0.3) is 0 Å². The van der Waals surface area contributed by atoms with E-state index in [0.29, 0.717) is 27.4 Å². The van der Waals surface area contributed by atoms with Crippen LogP contribution in [0.4, 0.5) is 29.2 Å². The first-order valence-electron chi connectivity index (χ1n) is 11.9. The van der Waals surface area contributed by atoms with Gasteiger partial charge in [-0.3, -0.25) is 10.1 Å². The highest BCUT2D eigenvalue weighted by Crippen LogP contribution is 2.35. The summed E-state index contributed by atoms with van der Waals surface area (Å²) in [5.74, 6) is 1.22. The fraction of sp³-hybridized carbons (Fsp3) is 0.154. The molecule has 38 heavy (non-hydrogen) atoms. The van der Waals surface area contributed by atoms with E-state index in [1.165, 1.54) is 24.0 Å². The Morgan fingerprint density at radius 2 is 1.71 bits per heavy atom. The number of hydrazone groups is 1. The molecule has 1 aromatic heterocycles. The van der Waals surface area contributed by atoms with Crippen LogP contribution in [0.2, 0.25) is 5.02 Å². The molecule has 1 aliphatic rings. The molecule has 0 atom stereocenters. The summed E-state index contributed by atoms with van der Waals surface area (Å²) in [7, 11) is 0. The van der Waals surface area contributed by atoms with Crippen molar-refractivity contribution in [2.24, 2.45) is 5.10 Å². The van der Waals surface area contributed by atoms with Gasteiger partial charge in [-0.25, -0.2) is 5.43 Å². The molecule has 1 saturated heterocycles. The van der Waals surface area contributed by atoms with E-state index in [1.54, 1.807) is 24.3 Å². The zero-order valence-corrected chi connectivity index (χ0v) is 21.7. The molecule has 0 radical (unpaired) electrons. The van der Waals surface area contributed by atoms with Crippen LogP contribution in [0, 0.1) is 10.1 Å². The second-order valence-corrected chi connectivity index (χ2v) is 9.93. The lowest BCUT2D eigenvalue weighted by atomic mass is 10.2. The number of halogens is 1. The molecule has 2 heterocycles. The summed E-state index contributed by atoms with van der Waals surface area (Å²) in [6.45, 7) is 1.75. The highest BCUT2D eigenvalue weighted by atomic mass is 35.5. The van der Waals surface area contributed by atoms with Gasteiger partial charge in [-0.2, -0.15) is 20.1 Å². The van der Waals surface area contributed by atoms with Gasteiger partial charge in [0.25, 0.3) is 5.69 Å². The average Bonchev–Trinajstić information content (AvgIpc) is 3.46. The highest BCUT2D eigenvalue weighted by Gasteiger charge is 2.18. The van der Waals surface area contributed by atoms with E-state index in [2.05, 4.69) is 35.7 Å². The van der Waals surface area contributed by atoms with Gasteiger partial charge in [0.1, 0.15) is 0 Å². The molecule has 2 N–H and O–H groups in total. The van der Waals surface area contributed by atoms with Gasteiger partial charge < -0.3 is 10.2 Å². The predicted molar refractivity (Wildman–Crippen MR) is 151 cm³/mol. The van der Waals surface area contributed by atoms with E-state index >= 15 is 0 Å². The Morgan fingerprint density at radius 1 is 0.974 bits per heavy atom. The van der Waals surface area contributed by atoms with Crippen molar-refractivity contribution in [2.75, 3.05) is 28.7 Å². The fourth-order valence-electron chi connectivity index (χ4n) is 3.82. The summed E-state index contributed by atoms with van der Waals surface area (Å²) in [6, 6.07) is 21.7. The van der Waals surface area contributed by atoms with Gasteiger partial charge in [0.15, 0.2) is 0 Å². The van der Waals surface area contributed by atoms with E-state index in [4.69, 9.17) is 11.6 Å². The third kappa shape index (κ3) is 6.55. The lowest BCUT2D eigenvalue weighted by molar-refractivity contribution is -0.387. The fourth-order valence-corrected chi connectivity index (χ4v) is 4.84. The summed E-state index contributed by atoms with van der Waals surface area (Å²) in [5, 5.41) is 19.8. The molecule has 3 aromatic carbocycles. The predicted octanol–water partition coefficient (Wildman–Crippen LogP) is 6.37. The monoisotopic (exact) mass is 546 g/mol. The number of nitrogens with one attached hydrogen (secondary N) is 2. The number of hydrogen-bond donors (Lipinski definition) is 2. The Morgan fingerprint density at radius 3 is 2.45 bits per heavy atom. The van der Waals surface area contributed by atoms with Gasteiger partial charge in [0.2, 0.25) is 17.8 Å². The van der Waals surface area contributed by atoms with Crippen LogP contribution in [0.5, 0.6) is 0 Å². The maximum Gasteiger partial charge on any atom is 0.283 e. The van der Waals surface area contributed by atoms with Gasteiger partial charge >= 0.3 is 0 Å². The number of nitro benzene ring substituents is 1. The van der Waals surface area contributed by atoms with Gasteiger partial charge in [0.05, 0.1) is 16.0 Å². The van der Waals surface area contributed by atoms with Crippen LogP contribution in [-0.2, 0) is 0 Å². The Bertz CT molecular complexity index is 1450. The van der Waals surface area contributed by atoms with Crippen molar-refractivity contribution in [3.63, 3.8) is 0 Å². The van der Waals surface area contributed by atoms with Crippen molar-refractivity contribution in [3.05, 3.63) is 93.5 Å². The van der Waals surface area contributed by atoms with E-state index in [-0.39, 0.29) is 11.6 Å². The Labute approximate surface area is 228 Å². The number of benzene rings is 3. The molecular weight excluding hydrogens is 524 g/mol. The van der Waals surface area contributed by atoms with Crippen LogP contribution in [0.15, 0.2) is 87.7 Å². The number of rotatable bonds is 9. The minimum Gasteiger partial charge on any atom is -0.341 e. The van der Waals surface area contributed by atoms with Gasteiger partial charge in [-0.15, -0.1) is 0 Å². The van der Waals surface area contributed by atoms with E-state index < -0.39 is 4.92 Å². The van der Waals surface area contributed by atoms with E-state index in [9.17, 15) is 10.1 Å². The lowest BCUT2D eigenvalue weighted by Crippen LogP contribution is -2.21. The minimum absolute atomic E-state index is 0.0141. The molecule has 1 fully saturated rings. The first-order valence-corrected chi connectivity index (χ1v) is 13.1. The Balaban J connectivity index is 1.34. The van der Waals surface area contributed by atoms with Crippen molar-refractivity contribution < 1.29 is 4.92 Å². The van der Waals surface area contributed by atoms with Crippen molar-refractivity contribution >= 4 is 58.8 Å². The third-order valence-corrected chi connectivity index (χ3v) is 6.97. The topological polar surface area (TPSA) is 121 Å². The summed E-state index contributed by atoms with van der Waals surface area (Å²) in [4.78, 5) is 28.3. The molecule has 0 bridgehead atoms. The van der Waals surface area contributed by atoms with E-state index in [0.717, 1.165) is 36.5 Å². The Kier molecular flexibility index (Phi) is 7.95. The van der Waals surface area contributed by atoms with Gasteiger partial charge in [-0.1, -0.05) is 47.6 Å². The molecule has 192 valence electrons. The molecular formula is C26H23ClN8O2S. The van der Waals surface area contributed by atoms with Gasteiger partial charge in [-0.05, 0) is 55.3 Å². The van der Waals surface area contributed by atoms with Crippen molar-refractivity contribution in [1.29, 1.82) is 0 Å². The zero-order valence-electron chi connectivity index (χ0n) is 20.1. The molecule has 1 aliphatic heterocycles. The number of anilines is 4. The lowest BCUT2D eigenvalue weighted by Gasteiger charge is -2.16. The summed E-state index contributed by atoms with van der Waals surface area (Å²) < 4.78 is 0. The second kappa shape index (κ2) is 11.9. The van der Waals surface area contributed by atoms with Crippen molar-refractivity contribution in [1.82, 2.24) is 15.0 Å². The normalized spacial score (nSPS) is 13.1. The molecule has 0 saturated carbocycles. The molecule has 12 heteroatoms. The average molecular weight is 547 g/mol. The molecule has 0 spiro atoms. The summed E-state index contributed by atoms with van der Waals surface area (Å²) in [5.41, 5.74) is 4.24. The zero-order chi connectivity index (χ0) is 26.3. The standard InChI is InChI=1S/C26H23ClN8O2S/c27-19-9-11-21(12-10-19)38-23-13-8-18(16-22(23)35(36)37)17-28-33-25-30-24(29-20-6-2-1-3-7-20)31-26(32-25)34-14-4-5-15-34/h1-3,6-13,16-17H,4-5,14-15H2,(H2,29,30,31,32,33). The molecule has 0 aliphatic carbocycles. The quantitative estimate of drug-likeness (QED) is 0.140. The number of para-hydroxylation sites is 1. The molecule has 0 amide bonds. The van der Waals surface area contributed by atoms with Gasteiger partial charge in [0, 0.05) is 40.3 Å². The molecule has 0 unspecified atom stereocenters. The molecule has 10 nitrogen and oxygen atoms in total.